The van der Waals surface area contributed by atoms with Gasteiger partial charge < -0.3 is 10.2 Å². The van der Waals surface area contributed by atoms with Crippen molar-refractivity contribution >= 4 is 44.6 Å². The molecule has 33 heavy (non-hydrogen) atoms. The third-order valence-electron chi connectivity index (χ3n) is 5.42. The van der Waals surface area contributed by atoms with Gasteiger partial charge in [0.15, 0.2) is 0 Å². The topological polar surface area (TPSA) is 116 Å². The fourth-order valence-electron chi connectivity index (χ4n) is 3.53. The highest BCUT2D eigenvalue weighted by atomic mass is 35.5. The van der Waals surface area contributed by atoms with Crippen LogP contribution in [0.5, 0.6) is 0 Å². The largest absolute Gasteiger partial charge is 0.363 e. The van der Waals surface area contributed by atoms with Gasteiger partial charge in [-0.25, -0.2) is 12.7 Å². The highest BCUT2D eigenvalue weighted by Gasteiger charge is 2.24. The van der Waals surface area contributed by atoms with E-state index >= 15 is 0 Å². The second-order valence-electron chi connectivity index (χ2n) is 7.83. The normalized spacial score (nSPS) is 15.0. The Bertz CT molecular complexity index is 1120. The van der Waals surface area contributed by atoms with E-state index in [4.69, 9.17) is 11.6 Å². The Morgan fingerprint density at radius 1 is 1.12 bits per heavy atom. The van der Waals surface area contributed by atoms with Gasteiger partial charge in [-0.2, -0.15) is 0 Å². The van der Waals surface area contributed by atoms with E-state index in [-0.39, 0.29) is 22.9 Å². The number of halogens is 1. The van der Waals surface area contributed by atoms with Crippen LogP contribution in [0.4, 0.5) is 17.1 Å². The van der Waals surface area contributed by atoms with Crippen LogP contribution >= 0.6 is 11.6 Å². The van der Waals surface area contributed by atoms with Gasteiger partial charge in [-0.1, -0.05) is 11.6 Å². The Morgan fingerprint density at radius 3 is 2.33 bits per heavy atom. The van der Waals surface area contributed by atoms with Crippen LogP contribution in [0.3, 0.4) is 0 Å². The zero-order valence-electron chi connectivity index (χ0n) is 18.4. The summed E-state index contributed by atoms with van der Waals surface area (Å²) in [6, 6.07) is 10.7. The van der Waals surface area contributed by atoms with E-state index in [0.717, 1.165) is 4.31 Å². The van der Waals surface area contributed by atoms with Gasteiger partial charge in [0.25, 0.3) is 5.69 Å². The first kappa shape index (κ1) is 24.9. The molecule has 0 saturated carbocycles. The van der Waals surface area contributed by atoms with Gasteiger partial charge in [-0.3, -0.25) is 19.8 Å². The molecule has 178 valence electrons. The van der Waals surface area contributed by atoms with E-state index in [0.29, 0.717) is 49.1 Å². The van der Waals surface area contributed by atoms with Crippen LogP contribution in [0.15, 0.2) is 47.4 Å². The number of piperazine rings is 1. The molecule has 0 bridgehead atoms. The molecule has 0 radical (unpaired) electrons. The van der Waals surface area contributed by atoms with Crippen molar-refractivity contribution in [1.29, 1.82) is 0 Å². The summed E-state index contributed by atoms with van der Waals surface area (Å²) in [5.41, 5.74) is 1.05. The lowest BCUT2D eigenvalue weighted by Gasteiger charge is -2.35. The second kappa shape index (κ2) is 10.5. The number of hydrogen-bond acceptors (Lipinski definition) is 7. The fourth-order valence-corrected chi connectivity index (χ4v) is 4.59. The maximum atomic E-state index is 12.3. The van der Waals surface area contributed by atoms with Crippen molar-refractivity contribution in [1.82, 2.24) is 9.21 Å². The minimum atomic E-state index is -3.52. The predicted molar refractivity (Wildman–Crippen MR) is 127 cm³/mol. The molecule has 0 aliphatic carbocycles. The summed E-state index contributed by atoms with van der Waals surface area (Å²) >= 11 is 5.89. The van der Waals surface area contributed by atoms with E-state index in [1.807, 2.05) is 4.90 Å². The molecule has 1 N–H and O–H groups in total. The van der Waals surface area contributed by atoms with E-state index in [1.54, 1.807) is 24.3 Å². The monoisotopic (exact) mass is 495 g/mol. The van der Waals surface area contributed by atoms with Crippen molar-refractivity contribution in [2.75, 3.05) is 57.0 Å². The molecule has 1 aliphatic heterocycles. The van der Waals surface area contributed by atoms with E-state index < -0.39 is 14.9 Å². The molecule has 1 fully saturated rings. The van der Waals surface area contributed by atoms with Crippen molar-refractivity contribution in [2.45, 2.75) is 11.3 Å². The predicted octanol–water partition coefficient (Wildman–Crippen LogP) is 2.65. The lowest BCUT2D eigenvalue weighted by Crippen LogP contribution is -2.47. The molecular formula is C21H26ClN5O5S. The number of sulfonamides is 1. The van der Waals surface area contributed by atoms with Gasteiger partial charge in [-0.05, 0) is 36.4 Å². The van der Waals surface area contributed by atoms with Gasteiger partial charge in [0.2, 0.25) is 15.9 Å². The maximum Gasteiger partial charge on any atom is 0.294 e. The third-order valence-corrected chi connectivity index (χ3v) is 7.48. The molecule has 2 aromatic rings. The first-order chi connectivity index (χ1) is 15.6. The second-order valence-corrected chi connectivity index (χ2v) is 10.4. The minimum Gasteiger partial charge on any atom is -0.363 e. The Hall–Kier alpha value is -2.73. The molecular weight excluding hydrogens is 470 g/mol. The molecule has 1 amide bonds. The summed E-state index contributed by atoms with van der Waals surface area (Å²) < 4.78 is 25.4. The standard InChI is InChI=1S/C21H26ClN5O5S/c1-24(2)33(31,32)18-6-4-17(5-7-18)23-21(28)9-10-25-11-13-26(14-12-25)19-8-3-16(22)15-20(19)27(29)30/h3-8,15H,9-14H2,1-2H3,(H,23,28). The van der Waals surface area contributed by atoms with Gasteiger partial charge in [-0.15, -0.1) is 0 Å². The minimum absolute atomic E-state index is 0.0141. The van der Waals surface area contributed by atoms with Crippen molar-refractivity contribution in [2.24, 2.45) is 0 Å². The number of carbonyl (C=O) groups excluding carboxylic acids is 1. The Balaban J connectivity index is 1.49. The number of benzene rings is 2. The Morgan fingerprint density at radius 2 is 1.76 bits per heavy atom. The molecule has 1 saturated heterocycles. The lowest BCUT2D eigenvalue weighted by atomic mass is 10.2. The quantitative estimate of drug-likeness (QED) is 0.442. The Kier molecular flexibility index (Phi) is 7.90. The smallest absolute Gasteiger partial charge is 0.294 e. The van der Waals surface area contributed by atoms with Crippen LogP contribution in [0.2, 0.25) is 5.02 Å². The van der Waals surface area contributed by atoms with Gasteiger partial charge in [0, 0.05) is 70.0 Å². The molecule has 1 aliphatic rings. The number of amides is 1. The van der Waals surface area contributed by atoms with Crippen LogP contribution < -0.4 is 10.2 Å². The van der Waals surface area contributed by atoms with Crippen molar-refractivity contribution in [3.05, 3.63) is 57.6 Å². The van der Waals surface area contributed by atoms with Gasteiger partial charge >= 0.3 is 0 Å². The number of carbonyl (C=O) groups is 1. The van der Waals surface area contributed by atoms with Crippen molar-refractivity contribution < 1.29 is 18.1 Å². The van der Waals surface area contributed by atoms with E-state index in [1.165, 1.54) is 32.3 Å². The number of rotatable bonds is 8. The number of anilines is 2. The summed E-state index contributed by atoms with van der Waals surface area (Å²) in [6.07, 6.45) is 0.277. The molecule has 10 nitrogen and oxygen atoms in total. The molecule has 0 aromatic heterocycles. The summed E-state index contributed by atoms with van der Waals surface area (Å²) in [5, 5.41) is 14.4. The number of nitrogens with one attached hydrogen (secondary N) is 1. The summed E-state index contributed by atoms with van der Waals surface area (Å²) in [7, 11) is -0.595. The van der Waals surface area contributed by atoms with Crippen LogP contribution in [0.25, 0.3) is 0 Å². The number of nitro benzene ring substituents is 1. The van der Waals surface area contributed by atoms with Crippen molar-refractivity contribution in [3.63, 3.8) is 0 Å². The van der Waals surface area contributed by atoms with Gasteiger partial charge in [0.05, 0.1) is 9.82 Å². The van der Waals surface area contributed by atoms with Gasteiger partial charge in [0.1, 0.15) is 5.69 Å². The first-order valence-corrected chi connectivity index (χ1v) is 12.1. The average Bonchev–Trinajstić information content (AvgIpc) is 2.78. The van der Waals surface area contributed by atoms with Crippen LogP contribution in [0, 0.1) is 10.1 Å². The fraction of sp³-hybridized carbons (Fsp3) is 0.381. The first-order valence-electron chi connectivity index (χ1n) is 10.3. The van der Waals surface area contributed by atoms with Crippen molar-refractivity contribution in [3.8, 4) is 0 Å². The molecule has 2 aromatic carbocycles. The van der Waals surface area contributed by atoms with Crippen LogP contribution in [-0.2, 0) is 14.8 Å². The van der Waals surface area contributed by atoms with Crippen LogP contribution in [-0.4, -0.2) is 75.3 Å². The summed E-state index contributed by atoms with van der Waals surface area (Å²) in [5.74, 6) is -0.172. The summed E-state index contributed by atoms with van der Waals surface area (Å²) in [4.78, 5) is 27.5. The number of nitro groups is 1. The SMILES string of the molecule is CN(C)S(=O)(=O)c1ccc(NC(=O)CCN2CCN(c3ccc(Cl)cc3[N+](=O)[O-])CC2)cc1. The third kappa shape index (κ3) is 6.20. The molecule has 12 heteroatoms. The van der Waals surface area contributed by atoms with E-state index in [2.05, 4.69) is 10.2 Å². The van der Waals surface area contributed by atoms with E-state index in [9.17, 15) is 23.3 Å². The average molecular weight is 496 g/mol. The molecule has 0 unspecified atom stereocenters. The molecule has 1 heterocycles. The molecule has 0 spiro atoms. The highest BCUT2D eigenvalue weighted by Crippen LogP contribution is 2.31. The zero-order valence-corrected chi connectivity index (χ0v) is 20.0. The number of hydrogen-bond donors (Lipinski definition) is 1. The molecule has 3 rings (SSSR count). The Labute approximate surface area is 197 Å². The highest BCUT2D eigenvalue weighted by molar-refractivity contribution is 7.89. The number of nitrogens with zero attached hydrogens (tertiary/aromatic N) is 4. The molecule has 0 atom stereocenters. The zero-order chi connectivity index (χ0) is 24.2. The maximum absolute atomic E-state index is 12.3. The summed E-state index contributed by atoms with van der Waals surface area (Å²) in [6.45, 7) is 3.10. The lowest BCUT2D eigenvalue weighted by molar-refractivity contribution is -0.384. The van der Waals surface area contributed by atoms with Crippen LogP contribution in [0.1, 0.15) is 6.42 Å².